The van der Waals surface area contributed by atoms with Crippen LogP contribution in [-0.4, -0.2) is 62.3 Å². The van der Waals surface area contributed by atoms with E-state index < -0.39 is 0 Å². The summed E-state index contributed by atoms with van der Waals surface area (Å²) in [5.74, 6) is 0. The van der Waals surface area contributed by atoms with E-state index in [0.717, 1.165) is 0 Å². The molecule has 0 spiro atoms. The number of nitrogens with zero attached hydrogens (tertiary/aromatic N) is 2. The maximum atomic E-state index is 2.47. The molecule has 0 aliphatic carbocycles. The van der Waals surface area contributed by atoms with Gasteiger partial charge in [-0.2, -0.15) is 0 Å². The molecule has 0 bridgehead atoms. The van der Waals surface area contributed by atoms with Crippen molar-refractivity contribution in [1.82, 2.24) is 0 Å². The molecule has 0 aromatic rings. The van der Waals surface area contributed by atoms with Gasteiger partial charge in [-0.05, 0) is 39.5 Å². The lowest BCUT2D eigenvalue weighted by atomic mass is 10.2. The minimum Gasteiger partial charge on any atom is -0.322 e. The molecule has 1 aliphatic heterocycles. The zero-order valence-electron chi connectivity index (χ0n) is 12.0. The molecular formula is C14H32N2+2. The molecule has 0 saturated carbocycles. The summed E-state index contributed by atoms with van der Waals surface area (Å²) in [6.07, 6.45) is 5.81. The normalized spacial score (nSPS) is 21.8. The summed E-state index contributed by atoms with van der Waals surface area (Å²) in [5.41, 5.74) is 0. The van der Waals surface area contributed by atoms with Crippen molar-refractivity contribution in [3.05, 3.63) is 0 Å². The van der Waals surface area contributed by atoms with E-state index >= 15 is 0 Å². The van der Waals surface area contributed by atoms with Crippen molar-refractivity contribution in [3.63, 3.8) is 0 Å². The van der Waals surface area contributed by atoms with Crippen LogP contribution < -0.4 is 0 Å². The Morgan fingerprint density at radius 3 is 1.88 bits per heavy atom. The Kier molecular flexibility index (Phi) is 5.26. The monoisotopic (exact) mass is 228 g/mol. The second-order valence-electron chi connectivity index (χ2n) is 6.18. The second kappa shape index (κ2) is 6.02. The first kappa shape index (κ1) is 14.0. The summed E-state index contributed by atoms with van der Waals surface area (Å²) >= 11 is 0. The van der Waals surface area contributed by atoms with Crippen LogP contribution in [0.1, 0.15) is 39.5 Å². The van der Waals surface area contributed by atoms with Gasteiger partial charge in [0.05, 0.1) is 40.3 Å². The van der Waals surface area contributed by atoms with E-state index in [1.807, 2.05) is 0 Å². The number of hydrogen-bond donors (Lipinski definition) is 0. The van der Waals surface area contributed by atoms with E-state index in [0.29, 0.717) is 0 Å². The van der Waals surface area contributed by atoms with Crippen molar-refractivity contribution in [3.8, 4) is 0 Å². The number of quaternary nitrogens is 2. The predicted molar refractivity (Wildman–Crippen MR) is 71.4 cm³/mol. The Hall–Kier alpha value is -0.0800. The standard InChI is InChI=1S/C14H32N2/c1-5-15(3,6-2)13-14-16(4)11-9-7-8-10-12-16/h5-14H2,1-4H3/q+2. The van der Waals surface area contributed by atoms with Crippen LogP contribution in [0.15, 0.2) is 0 Å². The first-order chi connectivity index (χ1) is 7.54. The topological polar surface area (TPSA) is 0 Å². The fourth-order valence-corrected chi connectivity index (χ4v) is 2.70. The summed E-state index contributed by atoms with van der Waals surface area (Å²) in [4.78, 5) is 0. The number of likely N-dealkylation sites (tertiary alicyclic amines) is 1. The van der Waals surface area contributed by atoms with Gasteiger partial charge in [-0.1, -0.05) is 0 Å². The molecule has 0 N–H and O–H groups in total. The highest BCUT2D eigenvalue weighted by Gasteiger charge is 2.27. The van der Waals surface area contributed by atoms with Gasteiger partial charge in [0, 0.05) is 0 Å². The van der Waals surface area contributed by atoms with Crippen molar-refractivity contribution in [2.24, 2.45) is 0 Å². The van der Waals surface area contributed by atoms with Gasteiger partial charge in [0.15, 0.2) is 0 Å². The van der Waals surface area contributed by atoms with E-state index in [1.165, 1.54) is 73.9 Å². The SMILES string of the molecule is CC[N+](C)(CC)CC[N+]1(C)CCCCCC1. The van der Waals surface area contributed by atoms with Crippen molar-refractivity contribution in [1.29, 1.82) is 0 Å². The molecule has 0 atom stereocenters. The van der Waals surface area contributed by atoms with Crippen LogP contribution in [0.2, 0.25) is 0 Å². The molecule has 0 amide bonds. The smallest absolute Gasteiger partial charge is 0.128 e. The van der Waals surface area contributed by atoms with Crippen LogP contribution in [-0.2, 0) is 0 Å². The first-order valence-corrected chi connectivity index (χ1v) is 7.21. The third kappa shape index (κ3) is 4.06. The van der Waals surface area contributed by atoms with E-state index in [4.69, 9.17) is 0 Å². The molecule has 16 heavy (non-hydrogen) atoms. The number of hydrogen-bond acceptors (Lipinski definition) is 0. The molecule has 0 radical (unpaired) electrons. The Balaban J connectivity index is 2.45. The lowest BCUT2D eigenvalue weighted by Crippen LogP contribution is -2.54. The molecule has 0 aromatic heterocycles. The Morgan fingerprint density at radius 2 is 1.44 bits per heavy atom. The van der Waals surface area contributed by atoms with E-state index in [9.17, 15) is 0 Å². The maximum absolute atomic E-state index is 2.47. The highest BCUT2D eigenvalue weighted by Crippen LogP contribution is 2.16. The highest BCUT2D eigenvalue weighted by atomic mass is 15.4. The van der Waals surface area contributed by atoms with Crippen LogP contribution in [0.25, 0.3) is 0 Å². The van der Waals surface area contributed by atoms with Crippen molar-refractivity contribution < 1.29 is 8.97 Å². The third-order valence-electron chi connectivity index (χ3n) is 4.85. The predicted octanol–water partition coefficient (Wildman–Crippen LogP) is 2.49. The fraction of sp³-hybridized carbons (Fsp3) is 1.00. The lowest BCUT2D eigenvalue weighted by molar-refractivity contribution is -0.961. The molecule has 1 rings (SSSR count). The van der Waals surface area contributed by atoms with Gasteiger partial charge >= 0.3 is 0 Å². The average Bonchev–Trinajstić information content (AvgIpc) is 2.52. The van der Waals surface area contributed by atoms with Gasteiger partial charge < -0.3 is 8.97 Å². The summed E-state index contributed by atoms with van der Waals surface area (Å²) in [7, 11) is 4.88. The van der Waals surface area contributed by atoms with E-state index in [2.05, 4.69) is 27.9 Å². The highest BCUT2D eigenvalue weighted by molar-refractivity contribution is 4.51. The number of rotatable bonds is 5. The molecule has 2 nitrogen and oxygen atoms in total. The summed E-state index contributed by atoms with van der Waals surface area (Å²) in [6.45, 7) is 12.7. The average molecular weight is 228 g/mol. The molecular weight excluding hydrogens is 196 g/mol. The van der Waals surface area contributed by atoms with Crippen LogP contribution in [0.4, 0.5) is 0 Å². The Labute approximate surface area is 102 Å². The van der Waals surface area contributed by atoms with E-state index in [1.54, 1.807) is 0 Å². The van der Waals surface area contributed by atoms with Crippen molar-refractivity contribution >= 4 is 0 Å². The largest absolute Gasteiger partial charge is 0.322 e. The van der Waals surface area contributed by atoms with Gasteiger partial charge in [0.25, 0.3) is 0 Å². The summed E-state index contributed by atoms with van der Waals surface area (Å²) in [5, 5.41) is 0. The lowest BCUT2D eigenvalue weighted by Gasteiger charge is -2.38. The third-order valence-corrected chi connectivity index (χ3v) is 4.85. The first-order valence-electron chi connectivity index (χ1n) is 7.21. The molecule has 1 aliphatic rings. The van der Waals surface area contributed by atoms with Gasteiger partial charge in [-0.25, -0.2) is 0 Å². The van der Waals surface area contributed by atoms with Crippen molar-refractivity contribution in [2.75, 3.05) is 53.4 Å². The van der Waals surface area contributed by atoms with Gasteiger partial charge in [-0.3, -0.25) is 0 Å². The minimum absolute atomic E-state index is 1.24. The van der Waals surface area contributed by atoms with Crippen molar-refractivity contribution in [2.45, 2.75) is 39.5 Å². The summed E-state index contributed by atoms with van der Waals surface area (Å²) in [6, 6.07) is 0. The number of likely N-dealkylation sites (N-methyl/N-ethyl adjacent to an activating group) is 2. The van der Waals surface area contributed by atoms with Gasteiger partial charge in [0.2, 0.25) is 0 Å². The van der Waals surface area contributed by atoms with Gasteiger partial charge in [-0.15, -0.1) is 0 Å². The fourth-order valence-electron chi connectivity index (χ4n) is 2.70. The Morgan fingerprint density at radius 1 is 0.938 bits per heavy atom. The van der Waals surface area contributed by atoms with Gasteiger partial charge in [0.1, 0.15) is 13.1 Å². The van der Waals surface area contributed by atoms with Crippen LogP contribution in [0, 0.1) is 0 Å². The van der Waals surface area contributed by atoms with Crippen LogP contribution in [0.3, 0.4) is 0 Å². The maximum Gasteiger partial charge on any atom is 0.128 e. The molecule has 1 saturated heterocycles. The molecule has 0 aromatic carbocycles. The molecule has 96 valence electrons. The molecule has 1 fully saturated rings. The van der Waals surface area contributed by atoms with Crippen LogP contribution >= 0.6 is 0 Å². The Bertz CT molecular complexity index is 189. The summed E-state index contributed by atoms with van der Waals surface area (Å²) < 4.78 is 2.57. The zero-order valence-corrected chi connectivity index (χ0v) is 12.0. The minimum atomic E-state index is 1.24. The molecule has 0 unspecified atom stereocenters. The van der Waals surface area contributed by atoms with E-state index in [-0.39, 0.29) is 0 Å². The zero-order chi connectivity index (χ0) is 12.1. The molecule has 2 heteroatoms. The second-order valence-corrected chi connectivity index (χ2v) is 6.18. The quantitative estimate of drug-likeness (QED) is 0.634. The molecule has 1 heterocycles. The van der Waals surface area contributed by atoms with Crippen LogP contribution in [0.5, 0.6) is 0 Å².